The molecule has 9 nitrogen and oxygen atoms in total. The Balaban J connectivity index is 1.57. The average Bonchev–Trinajstić information content (AvgIpc) is 3.47. The third-order valence-electron chi connectivity index (χ3n) is 4.69. The first kappa shape index (κ1) is 20.3. The first-order valence-corrected chi connectivity index (χ1v) is 10.6. The number of hydrogen-bond donors (Lipinski definition) is 1. The fraction of sp³-hybridized carbons (Fsp3) is 0.350. The van der Waals surface area contributed by atoms with E-state index in [4.69, 9.17) is 9.47 Å². The predicted octanol–water partition coefficient (Wildman–Crippen LogP) is 2.27. The topological polar surface area (TPSA) is 104 Å². The van der Waals surface area contributed by atoms with Gasteiger partial charge in [-0.25, -0.2) is 14.6 Å². The quantitative estimate of drug-likeness (QED) is 0.432. The van der Waals surface area contributed by atoms with Crippen molar-refractivity contribution in [1.29, 1.82) is 0 Å². The number of amides is 1. The third kappa shape index (κ3) is 4.77. The molecule has 156 valence electrons. The van der Waals surface area contributed by atoms with Gasteiger partial charge >= 0.3 is 0 Å². The molecule has 1 aromatic carbocycles. The van der Waals surface area contributed by atoms with Crippen LogP contribution < -0.4 is 10.1 Å². The van der Waals surface area contributed by atoms with E-state index in [0.717, 1.165) is 30.9 Å². The van der Waals surface area contributed by atoms with Crippen LogP contribution in [0.3, 0.4) is 0 Å². The van der Waals surface area contributed by atoms with Gasteiger partial charge in [0, 0.05) is 31.3 Å². The van der Waals surface area contributed by atoms with Crippen molar-refractivity contribution in [3.05, 3.63) is 54.1 Å². The van der Waals surface area contributed by atoms with E-state index < -0.39 is 0 Å². The van der Waals surface area contributed by atoms with Crippen LogP contribution in [0.1, 0.15) is 29.0 Å². The number of thioether (sulfide) groups is 1. The second-order valence-electron chi connectivity index (χ2n) is 6.66. The number of carbonyl (C=O) groups excluding carboxylic acids is 1. The summed E-state index contributed by atoms with van der Waals surface area (Å²) in [5.74, 6) is 0.906. The van der Waals surface area contributed by atoms with Gasteiger partial charge in [0.15, 0.2) is 10.9 Å². The molecular formula is C20H22N6O3S. The Morgan fingerprint density at radius 1 is 1.30 bits per heavy atom. The van der Waals surface area contributed by atoms with E-state index in [1.54, 1.807) is 30.3 Å². The summed E-state index contributed by atoms with van der Waals surface area (Å²) in [5.41, 5.74) is 1.74. The van der Waals surface area contributed by atoms with Crippen LogP contribution in [0.4, 0.5) is 0 Å². The summed E-state index contributed by atoms with van der Waals surface area (Å²) in [4.78, 5) is 21.3. The van der Waals surface area contributed by atoms with Crippen LogP contribution in [0.2, 0.25) is 0 Å². The minimum atomic E-state index is -0.269. The molecule has 2 aromatic heterocycles. The molecule has 1 N–H and O–H groups in total. The van der Waals surface area contributed by atoms with Crippen molar-refractivity contribution < 1.29 is 14.3 Å². The normalized spacial score (nSPS) is 15.8. The van der Waals surface area contributed by atoms with Crippen LogP contribution in [-0.2, 0) is 10.5 Å². The molecule has 30 heavy (non-hydrogen) atoms. The van der Waals surface area contributed by atoms with Crippen LogP contribution in [-0.4, -0.2) is 57.2 Å². The highest BCUT2D eigenvalue weighted by molar-refractivity contribution is 7.98. The zero-order valence-electron chi connectivity index (χ0n) is 16.5. The van der Waals surface area contributed by atoms with E-state index in [1.807, 2.05) is 24.3 Å². The van der Waals surface area contributed by atoms with Gasteiger partial charge in [-0.3, -0.25) is 4.79 Å². The van der Waals surface area contributed by atoms with Crippen LogP contribution in [0.15, 0.2) is 47.9 Å². The highest BCUT2D eigenvalue weighted by Gasteiger charge is 2.23. The van der Waals surface area contributed by atoms with Crippen LogP contribution in [0.25, 0.3) is 5.69 Å². The van der Waals surface area contributed by atoms with E-state index in [-0.39, 0.29) is 17.7 Å². The average molecular weight is 427 g/mol. The van der Waals surface area contributed by atoms with Gasteiger partial charge in [-0.15, -0.1) is 5.10 Å². The molecule has 10 heteroatoms. The van der Waals surface area contributed by atoms with Gasteiger partial charge in [-0.2, -0.15) is 0 Å². The molecule has 3 heterocycles. The van der Waals surface area contributed by atoms with Gasteiger partial charge in [0.25, 0.3) is 5.91 Å². The van der Waals surface area contributed by atoms with Crippen LogP contribution in [0.5, 0.6) is 5.75 Å². The second-order valence-corrected chi connectivity index (χ2v) is 7.60. The molecule has 1 fully saturated rings. The summed E-state index contributed by atoms with van der Waals surface area (Å²) in [6.07, 6.45) is 5.40. The zero-order valence-corrected chi connectivity index (χ0v) is 17.3. The fourth-order valence-corrected chi connectivity index (χ4v) is 3.92. The Morgan fingerprint density at radius 3 is 2.80 bits per heavy atom. The lowest BCUT2D eigenvalue weighted by Gasteiger charge is -2.11. The minimum Gasteiger partial charge on any atom is -0.497 e. The number of benzene rings is 1. The molecule has 1 amide bonds. The molecule has 3 aromatic rings. The largest absolute Gasteiger partial charge is 0.497 e. The molecular weight excluding hydrogens is 404 g/mol. The van der Waals surface area contributed by atoms with Crippen molar-refractivity contribution in [1.82, 2.24) is 30.3 Å². The van der Waals surface area contributed by atoms with Crippen molar-refractivity contribution in [3.8, 4) is 11.4 Å². The van der Waals surface area contributed by atoms with Crippen molar-refractivity contribution in [2.24, 2.45) is 0 Å². The van der Waals surface area contributed by atoms with E-state index >= 15 is 0 Å². The zero-order chi connectivity index (χ0) is 20.8. The van der Waals surface area contributed by atoms with Gasteiger partial charge in [0.2, 0.25) is 0 Å². The molecule has 1 saturated heterocycles. The van der Waals surface area contributed by atoms with Crippen LogP contribution >= 0.6 is 11.8 Å². The number of aromatic nitrogens is 5. The first-order valence-electron chi connectivity index (χ1n) is 9.63. The molecule has 0 spiro atoms. The number of nitrogens with zero attached hydrogens (tertiary/aromatic N) is 5. The summed E-state index contributed by atoms with van der Waals surface area (Å²) in [6.45, 7) is 1.20. The smallest absolute Gasteiger partial charge is 0.273 e. The molecule has 1 aliphatic rings. The van der Waals surface area contributed by atoms with Crippen molar-refractivity contribution in [2.75, 3.05) is 20.3 Å². The highest BCUT2D eigenvalue weighted by Crippen LogP contribution is 2.24. The van der Waals surface area contributed by atoms with Crippen LogP contribution in [0, 0.1) is 0 Å². The SMILES string of the molecule is COc1ccc(-n2nnc(C(=O)NCC3CCCO3)c2CSc2ncccn2)cc1. The lowest BCUT2D eigenvalue weighted by molar-refractivity contribution is 0.0853. The Labute approximate surface area is 178 Å². The van der Waals surface area contributed by atoms with E-state index in [2.05, 4.69) is 25.6 Å². The summed E-state index contributed by atoms with van der Waals surface area (Å²) in [6, 6.07) is 9.18. The number of hydrogen-bond acceptors (Lipinski definition) is 8. The minimum absolute atomic E-state index is 0.0566. The van der Waals surface area contributed by atoms with Crippen molar-refractivity contribution in [2.45, 2.75) is 29.9 Å². The number of carbonyl (C=O) groups is 1. The van der Waals surface area contributed by atoms with E-state index in [0.29, 0.717) is 23.1 Å². The Hall–Kier alpha value is -2.98. The van der Waals surface area contributed by atoms with Gasteiger partial charge in [0.05, 0.1) is 24.6 Å². The summed E-state index contributed by atoms with van der Waals surface area (Å²) >= 11 is 1.42. The molecule has 0 bridgehead atoms. The highest BCUT2D eigenvalue weighted by atomic mass is 32.2. The summed E-state index contributed by atoms with van der Waals surface area (Å²) < 4.78 is 12.5. The van der Waals surface area contributed by atoms with Gasteiger partial charge in [0.1, 0.15) is 5.75 Å². The molecule has 4 rings (SSSR count). The van der Waals surface area contributed by atoms with Crippen molar-refractivity contribution in [3.63, 3.8) is 0 Å². The van der Waals surface area contributed by atoms with E-state index in [1.165, 1.54) is 11.8 Å². The Bertz CT molecular complexity index is 974. The Kier molecular flexibility index (Phi) is 6.55. The maximum Gasteiger partial charge on any atom is 0.273 e. The lowest BCUT2D eigenvalue weighted by atomic mass is 10.2. The molecule has 0 saturated carbocycles. The van der Waals surface area contributed by atoms with E-state index in [9.17, 15) is 4.79 Å². The predicted molar refractivity (Wildman–Crippen MR) is 111 cm³/mol. The van der Waals surface area contributed by atoms with Gasteiger partial charge < -0.3 is 14.8 Å². The molecule has 1 atom stereocenters. The molecule has 1 aliphatic heterocycles. The van der Waals surface area contributed by atoms with Gasteiger partial charge in [-0.1, -0.05) is 17.0 Å². The number of nitrogens with one attached hydrogen (secondary N) is 1. The summed E-state index contributed by atoms with van der Waals surface area (Å²) in [5, 5.41) is 11.9. The lowest BCUT2D eigenvalue weighted by Crippen LogP contribution is -2.32. The van der Waals surface area contributed by atoms with Crippen molar-refractivity contribution >= 4 is 17.7 Å². The first-order chi connectivity index (χ1) is 14.7. The number of methoxy groups -OCH3 is 1. The third-order valence-corrected chi connectivity index (χ3v) is 5.58. The number of ether oxygens (including phenoxy) is 2. The Morgan fingerprint density at radius 2 is 2.10 bits per heavy atom. The second kappa shape index (κ2) is 9.68. The molecule has 1 unspecified atom stereocenters. The summed E-state index contributed by atoms with van der Waals surface area (Å²) in [7, 11) is 1.61. The number of rotatable bonds is 8. The fourth-order valence-electron chi connectivity index (χ4n) is 3.13. The standard InChI is InChI=1S/C20H22N6O3S/c1-28-15-7-5-14(6-8-15)26-17(13-30-20-21-9-3-10-22-20)18(24-25-26)19(27)23-12-16-4-2-11-29-16/h3,5-10,16H,2,4,11-13H2,1H3,(H,23,27). The maximum atomic E-state index is 12.8. The molecule has 0 aliphatic carbocycles. The molecule has 0 radical (unpaired) electrons. The van der Waals surface area contributed by atoms with Gasteiger partial charge in [-0.05, 0) is 43.2 Å². The monoisotopic (exact) mass is 426 g/mol. The maximum absolute atomic E-state index is 12.8.